The number of pyridine rings is 1. The molecule has 0 bridgehead atoms. The van der Waals surface area contributed by atoms with Crippen molar-refractivity contribution in [2.24, 2.45) is 0 Å². The van der Waals surface area contributed by atoms with Crippen LogP contribution in [0, 0.1) is 0 Å². The Balaban J connectivity index is 2.24. The molecule has 2 rings (SSSR count). The van der Waals surface area contributed by atoms with E-state index in [1.807, 2.05) is 19.0 Å². The molecule has 6 heteroatoms. The van der Waals surface area contributed by atoms with Crippen molar-refractivity contribution in [2.75, 3.05) is 27.2 Å². The minimum absolute atomic E-state index is 0.0620. The largest absolute Gasteiger partial charge is 0.308 e. The molecule has 0 saturated carbocycles. The van der Waals surface area contributed by atoms with E-state index in [9.17, 15) is 8.42 Å². The van der Waals surface area contributed by atoms with Crippen molar-refractivity contribution in [3.05, 3.63) is 24.4 Å². The van der Waals surface area contributed by atoms with Crippen LogP contribution in [0.4, 0.5) is 0 Å². The van der Waals surface area contributed by atoms with Gasteiger partial charge in [0.15, 0.2) is 5.03 Å². The van der Waals surface area contributed by atoms with E-state index in [2.05, 4.69) is 4.98 Å². The summed E-state index contributed by atoms with van der Waals surface area (Å²) < 4.78 is 26.5. The van der Waals surface area contributed by atoms with Crippen LogP contribution in [0.15, 0.2) is 29.4 Å². The van der Waals surface area contributed by atoms with Gasteiger partial charge in [0.1, 0.15) is 0 Å². The van der Waals surface area contributed by atoms with E-state index in [0.717, 1.165) is 19.4 Å². The van der Waals surface area contributed by atoms with Gasteiger partial charge in [0.25, 0.3) is 10.0 Å². The number of nitrogens with zero attached hydrogens (tertiary/aromatic N) is 3. The van der Waals surface area contributed by atoms with Gasteiger partial charge in [-0.1, -0.05) is 6.07 Å². The summed E-state index contributed by atoms with van der Waals surface area (Å²) in [6.07, 6.45) is 3.36. The molecule has 1 aromatic heterocycles. The maximum atomic E-state index is 12.5. The zero-order chi connectivity index (χ0) is 13.2. The summed E-state index contributed by atoms with van der Waals surface area (Å²) in [5, 5.41) is 0.149. The number of aromatic nitrogens is 1. The van der Waals surface area contributed by atoms with E-state index in [4.69, 9.17) is 0 Å². The number of likely N-dealkylation sites (N-methyl/N-ethyl adjacent to an activating group) is 1. The lowest BCUT2D eigenvalue weighted by molar-refractivity contribution is 0.291. The van der Waals surface area contributed by atoms with Gasteiger partial charge in [-0.3, -0.25) is 0 Å². The van der Waals surface area contributed by atoms with Crippen molar-refractivity contribution in [2.45, 2.75) is 23.9 Å². The second-order valence-electron chi connectivity index (χ2n) is 4.84. The molecule has 0 radical (unpaired) electrons. The lowest BCUT2D eigenvalue weighted by Crippen LogP contribution is -2.41. The molecule has 0 spiro atoms. The molecular weight excluding hydrogens is 250 g/mol. The molecule has 0 amide bonds. The lowest BCUT2D eigenvalue weighted by atomic mass is 10.2. The molecule has 1 aliphatic heterocycles. The van der Waals surface area contributed by atoms with Crippen molar-refractivity contribution >= 4 is 10.0 Å². The van der Waals surface area contributed by atoms with Gasteiger partial charge in [-0.2, -0.15) is 4.31 Å². The van der Waals surface area contributed by atoms with Gasteiger partial charge in [0, 0.05) is 25.3 Å². The van der Waals surface area contributed by atoms with Crippen LogP contribution in [-0.2, 0) is 10.0 Å². The highest BCUT2D eigenvalue weighted by Crippen LogP contribution is 2.25. The number of hydrogen-bond acceptors (Lipinski definition) is 4. The summed E-state index contributed by atoms with van der Waals surface area (Å²) in [5.74, 6) is 0. The standard InChI is InChI=1S/C12H19N3O2S/c1-14(2)10-11-6-5-9-15(11)18(16,17)12-7-3-4-8-13-12/h3-4,7-8,11H,5-6,9-10H2,1-2H3. The van der Waals surface area contributed by atoms with Crippen LogP contribution < -0.4 is 0 Å². The zero-order valence-electron chi connectivity index (χ0n) is 10.8. The van der Waals surface area contributed by atoms with Gasteiger partial charge < -0.3 is 4.90 Å². The average Bonchev–Trinajstić information content (AvgIpc) is 2.78. The first-order chi connectivity index (χ1) is 8.51. The molecule has 1 aliphatic rings. The maximum absolute atomic E-state index is 12.5. The third-order valence-corrected chi connectivity index (χ3v) is 4.98. The molecule has 5 nitrogen and oxygen atoms in total. The molecule has 1 saturated heterocycles. The van der Waals surface area contributed by atoms with Crippen molar-refractivity contribution in [3.8, 4) is 0 Å². The minimum atomic E-state index is -3.44. The van der Waals surface area contributed by atoms with E-state index in [1.165, 1.54) is 6.20 Å². The fourth-order valence-corrected chi connectivity index (χ4v) is 3.97. The Labute approximate surface area is 108 Å². The molecule has 0 aromatic carbocycles. The smallest absolute Gasteiger partial charge is 0.260 e. The normalized spacial score (nSPS) is 21.6. The van der Waals surface area contributed by atoms with Gasteiger partial charge >= 0.3 is 0 Å². The van der Waals surface area contributed by atoms with E-state index in [1.54, 1.807) is 22.5 Å². The second-order valence-corrected chi connectivity index (χ2v) is 6.68. The number of sulfonamides is 1. The van der Waals surface area contributed by atoms with Crippen LogP contribution in [-0.4, -0.2) is 55.8 Å². The van der Waals surface area contributed by atoms with Crippen molar-refractivity contribution in [1.82, 2.24) is 14.2 Å². The zero-order valence-corrected chi connectivity index (χ0v) is 11.6. The van der Waals surface area contributed by atoms with Crippen LogP contribution in [0.25, 0.3) is 0 Å². The van der Waals surface area contributed by atoms with Gasteiger partial charge in [-0.15, -0.1) is 0 Å². The highest BCUT2D eigenvalue weighted by Gasteiger charge is 2.35. The molecule has 1 aromatic rings. The first kappa shape index (κ1) is 13.5. The molecule has 0 aliphatic carbocycles. The average molecular weight is 269 g/mol. The highest BCUT2D eigenvalue weighted by molar-refractivity contribution is 7.89. The highest BCUT2D eigenvalue weighted by atomic mass is 32.2. The predicted octanol–water partition coefficient (Wildman–Crippen LogP) is 0.796. The Kier molecular flexibility index (Phi) is 3.99. The maximum Gasteiger partial charge on any atom is 0.260 e. The third kappa shape index (κ3) is 2.71. The first-order valence-corrected chi connectivity index (χ1v) is 7.53. The van der Waals surface area contributed by atoms with Crippen molar-refractivity contribution in [3.63, 3.8) is 0 Å². The van der Waals surface area contributed by atoms with Gasteiger partial charge in [-0.05, 0) is 39.1 Å². The van der Waals surface area contributed by atoms with Crippen molar-refractivity contribution < 1.29 is 8.42 Å². The first-order valence-electron chi connectivity index (χ1n) is 6.09. The summed E-state index contributed by atoms with van der Waals surface area (Å²) in [6, 6.07) is 5.05. The lowest BCUT2D eigenvalue weighted by Gasteiger charge is -2.25. The van der Waals surface area contributed by atoms with E-state index >= 15 is 0 Å². The Morgan fingerprint density at radius 3 is 2.83 bits per heavy atom. The van der Waals surface area contributed by atoms with Crippen LogP contribution >= 0.6 is 0 Å². The molecule has 0 N–H and O–H groups in total. The summed E-state index contributed by atoms with van der Waals surface area (Å²) in [5.41, 5.74) is 0. The number of rotatable bonds is 4. The van der Waals surface area contributed by atoms with E-state index in [0.29, 0.717) is 6.54 Å². The van der Waals surface area contributed by atoms with E-state index in [-0.39, 0.29) is 11.1 Å². The second kappa shape index (κ2) is 5.34. The van der Waals surface area contributed by atoms with Crippen LogP contribution in [0.3, 0.4) is 0 Å². The quantitative estimate of drug-likeness (QED) is 0.811. The Morgan fingerprint density at radius 1 is 1.44 bits per heavy atom. The topological polar surface area (TPSA) is 53.5 Å². The molecule has 1 unspecified atom stereocenters. The van der Waals surface area contributed by atoms with Gasteiger partial charge in [-0.25, -0.2) is 13.4 Å². The third-order valence-electron chi connectivity index (χ3n) is 3.11. The Bertz CT molecular complexity index is 487. The SMILES string of the molecule is CN(C)CC1CCCN1S(=O)(=O)c1ccccn1. The van der Waals surface area contributed by atoms with Gasteiger partial charge in [0.05, 0.1) is 0 Å². The Hall–Kier alpha value is -0.980. The molecule has 1 atom stereocenters. The molecular formula is C12H19N3O2S. The molecule has 100 valence electrons. The summed E-state index contributed by atoms with van der Waals surface area (Å²) >= 11 is 0. The summed E-state index contributed by atoms with van der Waals surface area (Å²) in [4.78, 5) is 5.99. The fourth-order valence-electron chi connectivity index (χ4n) is 2.35. The fraction of sp³-hybridized carbons (Fsp3) is 0.583. The van der Waals surface area contributed by atoms with Crippen LogP contribution in [0.2, 0.25) is 0 Å². The van der Waals surface area contributed by atoms with Crippen LogP contribution in [0.5, 0.6) is 0 Å². The molecule has 18 heavy (non-hydrogen) atoms. The van der Waals surface area contributed by atoms with Crippen LogP contribution in [0.1, 0.15) is 12.8 Å². The molecule has 1 fully saturated rings. The Morgan fingerprint density at radius 2 is 2.22 bits per heavy atom. The monoisotopic (exact) mass is 269 g/mol. The van der Waals surface area contributed by atoms with E-state index < -0.39 is 10.0 Å². The van der Waals surface area contributed by atoms with Crippen molar-refractivity contribution in [1.29, 1.82) is 0 Å². The number of hydrogen-bond donors (Lipinski definition) is 0. The minimum Gasteiger partial charge on any atom is -0.308 e. The molecule has 2 heterocycles. The predicted molar refractivity (Wildman–Crippen MR) is 69.7 cm³/mol. The van der Waals surface area contributed by atoms with Gasteiger partial charge in [0.2, 0.25) is 0 Å². The summed E-state index contributed by atoms with van der Waals surface area (Å²) in [7, 11) is 0.486. The summed E-state index contributed by atoms with van der Waals surface area (Å²) in [6.45, 7) is 1.35.